The fourth-order valence-electron chi connectivity index (χ4n) is 2.84. The van der Waals surface area contributed by atoms with Gasteiger partial charge in [0.15, 0.2) is 0 Å². The maximum Gasteiger partial charge on any atom is 0.303 e. The molecule has 100 valence electrons. The van der Waals surface area contributed by atoms with Crippen molar-refractivity contribution in [2.24, 2.45) is 5.92 Å². The molecule has 2 nitrogen and oxygen atoms in total. The van der Waals surface area contributed by atoms with Crippen LogP contribution in [0.5, 0.6) is 0 Å². The van der Waals surface area contributed by atoms with E-state index in [0.717, 1.165) is 0 Å². The molecular weight excluding hydrogens is 256 g/mol. The first kappa shape index (κ1) is 12.7. The number of fused-ring (bicyclic) bond motifs is 1. The van der Waals surface area contributed by atoms with E-state index < -0.39 is 5.97 Å². The molecule has 1 atom stereocenters. The lowest BCUT2D eigenvalue weighted by atomic mass is 9.90. The molecular formula is C16H18O2S. The summed E-state index contributed by atoms with van der Waals surface area (Å²) in [4.78, 5) is 12.4. The third kappa shape index (κ3) is 2.39. The lowest BCUT2D eigenvalue weighted by molar-refractivity contribution is -0.137. The molecule has 2 aromatic rings. The average Bonchev–Trinajstić information content (AvgIpc) is 3.15. The summed E-state index contributed by atoms with van der Waals surface area (Å²) in [7, 11) is 0. The number of aryl methyl sites for hydroxylation is 2. The minimum absolute atomic E-state index is 0.199. The number of carboxylic acids is 1. The zero-order valence-corrected chi connectivity index (χ0v) is 12.1. The first-order chi connectivity index (χ1) is 9.06. The van der Waals surface area contributed by atoms with E-state index in [1.165, 1.54) is 38.9 Å². The minimum atomic E-state index is -0.685. The van der Waals surface area contributed by atoms with Crippen LogP contribution in [0, 0.1) is 19.8 Å². The molecule has 1 saturated carbocycles. The van der Waals surface area contributed by atoms with Gasteiger partial charge in [-0.2, -0.15) is 0 Å². The molecule has 1 aliphatic carbocycles. The van der Waals surface area contributed by atoms with Gasteiger partial charge in [-0.3, -0.25) is 4.79 Å². The predicted molar refractivity (Wildman–Crippen MR) is 79.0 cm³/mol. The van der Waals surface area contributed by atoms with Crippen molar-refractivity contribution in [3.05, 3.63) is 34.2 Å². The summed E-state index contributed by atoms with van der Waals surface area (Å²) in [5.74, 6) is 0.0934. The van der Waals surface area contributed by atoms with Gasteiger partial charge in [-0.1, -0.05) is 12.1 Å². The Morgan fingerprint density at radius 3 is 2.79 bits per heavy atom. The molecule has 0 radical (unpaired) electrons. The molecule has 1 heterocycles. The van der Waals surface area contributed by atoms with E-state index in [1.807, 2.05) is 11.3 Å². The van der Waals surface area contributed by atoms with Crippen LogP contribution in [0.15, 0.2) is 18.2 Å². The summed E-state index contributed by atoms with van der Waals surface area (Å²) >= 11 is 1.81. The summed E-state index contributed by atoms with van der Waals surface area (Å²) in [5, 5.41) is 10.4. The van der Waals surface area contributed by atoms with Gasteiger partial charge in [0.25, 0.3) is 0 Å². The fraction of sp³-hybridized carbons (Fsp3) is 0.438. The lowest BCUT2D eigenvalue weighted by Crippen LogP contribution is -2.08. The Labute approximate surface area is 117 Å². The van der Waals surface area contributed by atoms with Crippen LogP contribution in [0.25, 0.3) is 10.1 Å². The molecule has 0 bridgehead atoms. The Kier molecular flexibility index (Phi) is 3.09. The number of hydrogen-bond donors (Lipinski definition) is 1. The number of rotatable bonds is 4. The van der Waals surface area contributed by atoms with Crippen LogP contribution in [-0.4, -0.2) is 11.1 Å². The Balaban J connectivity index is 2.01. The highest BCUT2D eigenvalue weighted by molar-refractivity contribution is 7.19. The molecule has 1 N–H and O–H groups in total. The normalized spacial score (nSPS) is 16.7. The first-order valence-corrected chi connectivity index (χ1v) is 7.59. The second-order valence-corrected chi connectivity index (χ2v) is 6.84. The predicted octanol–water partition coefficient (Wildman–Crippen LogP) is 4.49. The van der Waals surface area contributed by atoms with Gasteiger partial charge in [-0.05, 0) is 61.1 Å². The third-order valence-electron chi connectivity index (χ3n) is 4.21. The van der Waals surface area contributed by atoms with Crippen LogP contribution in [0.3, 0.4) is 0 Å². The maximum absolute atomic E-state index is 11.0. The van der Waals surface area contributed by atoms with Crippen LogP contribution in [0.2, 0.25) is 0 Å². The van der Waals surface area contributed by atoms with Crippen LogP contribution in [-0.2, 0) is 4.79 Å². The first-order valence-electron chi connectivity index (χ1n) is 6.77. The van der Waals surface area contributed by atoms with Crippen molar-refractivity contribution in [1.29, 1.82) is 0 Å². The summed E-state index contributed by atoms with van der Waals surface area (Å²) in [6.45, 7) is 4.30. The zero-order chi connectivity index (χ0) is 13.6. The number of aliphatic carboxylic acids is 1. The van der Waals surface area contributed by atoms with Gasteiger partial charge in [-0.25, -0.2) is 0 Å². The van der Waals surface area contributed by atoms with Crippen molar-refractivity contribution in [3.8, 4) is 0 Å². The summed E-state index contributed by atoms with van der Waals surface area (Å²) < 4.78 is 1.29. The molecule has 0 saturated heterocycles. The summed E-state index contributed by atoms with van der Waals surface area (Å²) in [6.07, 6.45) is 2.62. The third-order valence-corrected chi connectivity index (χ3v) is 5.38. The molecule has 3 rings (SSSR count). The zero-order valence-electron chi connectivity index (χ0n) is 11.3. The van der Waals surface area contributed by atoms with Crippen LogP contribution in [0.4, 0.5) is 0 Å². The van der Waals surface area contributed by atoms with E-state index in [1.54, 1.807) is 0 Å². The molecule has 1 aromatic carbocycles. The van der Waals surface area contributed by atoms with E-state index in [9.17, 15) is 4.79 Å². The monoisotopic (exact) mass is 274 g/mol. The SMILES string of the molecule is Cc1sc2cc(C(CC(=O)O)C3CC3)ccc2c1C. The van der Waals surface area contributed by atoms with E-state index in [-0.39, 0.29) is 12.3 Å². The molecule has 3 heteroatoms. The number of carbonyl (C=O) groups is 1. The highest BCUT2D eigenvalue weighted by Crippen LogP contribution is 2.45. The number of hydrogen-bond acceptors (Lipinski definition) is 2. The van der Waals surface area contributed by atoms with E-state index in [4.69, 9.17) is 5.11 Å². The summed E-state index contributed by atoms with van der Waals surface area (Å²) in [6, 6.07) is 6.51. The van der Waals surface area contributed by atoms with Gasteiger partial charge in [0.2, 0.25) is 0 Å². The van der Waals surface area contributed by atoms with Gasteiger partial charge >= 0.3 is 5.97 Å². The Morgan fingerprint density at radius 1 is 1.42 bits per heavy atom. The molecule has 0 amide bonds. The summed E-state index contributed by atoms with van der Waals surface area (Å²) in [5.41, 5.74) is 2.56. The molecule has 0 spiro atoms. The van der Waals surface area contributed by atoms with Gasteiger partial charge in [0.05, 0.1) is 6.42 Å². The second-order valence-electron chi connectivity index (χ2n) is 5.58. The van der Waals surface area contributed by atoms with Crippen LogP contribution in [0.1, 0.15) is 41.2 Å². The molecule has 1 fully saturated rings. The van der Waals surface area contributed by atoms with Crippen LogP contribution >= 0.6 is 11.3 Å². The second kappa shape index (κ2) is 4.64. The van der Waals surface area contributed by atoms with E-state index in [2.05, 4.69) is 32.0 Å². The van der Waals surface area contributed by atoms with Crippen molar-refractivity contribution in [1.82, 2.24) is 0 Å². The maximum atomic E-state index is 11.0. The molecule has 1 aliphatic rings. The molecule has 0 aliphatic heterocycles. The number of carboxylic acid groups (broad SMARTS) is 1. The fourth-order valence-corrected chi connectivity index (χ4v) is 3.96. The number of benzene rings is 1. The quantitative estimate of drug-likeness (QED) is 0.892. The molecule has 1 aromatic heterocycles. The highest BCUT2D eigenvalue weighted by Gasteiger charge is 2.33. The van der Waals surface area contributed by atoms with Crippen molar-refractivity contribution >= 4 is 27.4 Å². The smallest absolute Gasteiger partial charge is 0.303 e. The lowest BCUT2D eigenvalue weighted by Gasteiger charge is -2.14. The van der Waals surface area contributed by atoms with Crippen molar-refractivity contribution in [2.45, 2.75) is 39.0 Å². The van der Waals surface area contributed by atoms with Gasteiger partial charge in [0, 0.05) is 9.58 Å². The average molecular weight is 274 g/mol. The Morgan fingerprint density at radius 2 is 2.16 bits per heavy atom. The standard InChI is InChI=1S/C16H18O2S/c1-9-10(2)19-15-7-12(5-6-13(9)15)14(8-16(17)18)11-3-4-11/h5-7,11,14H,3-4,8H2,1-2H3,(H,17,18). The van der Waals surface area contributed by atoms with Gasteiger partial charge < -0.3 is 5.11 Å². The minimum Gasteiger partial charge on any atom is -0.481 e. The Bertz CT molecular complexity index is 637. The van der Waals surface area contributed by atoms with Gasteiger partial charge in [-0.15, -0.1) is 11.3 Å². The van der Waals surface area contributed by atoms with Crippen LogP contribution < -0.4 is 0 Å². The van der Waals surface area contributed by atoms with E-state index >= 15 is 0 Å². The largest absolute Gasteiger partial charge is 0.481 e. The van der Waals surface area contributed by atoms with Gasteiger partial charge in [0.1, 0.15) is 0 Å². The van der Waals surface area contributed by atoms with E-state index in [0.29, 0.717) is 5.92 Å². The molecule has 19 heavy (non-hydrogen) atoms. The van der Waals surface area contributed by atoms with Crippen molar-refractivity contribution < 1.29 is 9.90 Å². The molecule has 1 unspecified atom stereocenters. The van der Waals surface area contributed by atoms with Crippen molar-refractivity contribution in [2.75, 3.05) is 0 Å². The Hall–Kier alpha value is -1.35. The van der Waals surface area contributed by atoms with Crippen molar-refractivity contribution in [3.63, 3.8) is 0 Å². The number of thiophene rings is 1. The topological polar surface area (TPSA) is 37.3 Å². The highest BCUT2D eigenvalue weighted by atomic mass is 32.1.